The van der Waals surface area contributed by atoms with Crippen molar-refractivity contribution in [1.82, 2.24) is 9.88 Å². The molecule has 1 aromatic carbocycles. The third kappa shape index (κ3) is 2.36. The number of carbonyl (C=O) groups excluding carboxylic acids is 1. The van der Waals surface area contributed by atoms with E-state index in [-0.39, 0.29) is 5.91 Å². The molecule has 94 valence electrons. The summed E-state index contributed by atoms with van der Waals surface area (Å²) in [6.45, 7) is 0.697. The number of amides is 1. The highest BCUT2D eigenvalue weighted by molar-refractivity contribution is 6.35. The normalized spacial score (nSPS) is 14.9. The van der Waals surface area contributed by atoms with Crippen LogP contribution in [0.5, 0.6) is 0 Å². The lowest BCUT2D eigenvalue weighted by Gasteiger charge is -2.06. The molecule has 0 bridgehead atoms. The SMILES string of the molecule is O=C(CCn1ccc2c(Cl)cccc21)NC1CC1. The van der Waals surface area contributed by atoms with Gasteiger partial charge >= 0.3 is 0 Å². The van der Waals surface area contributed by atoms with Crippen LogP contribution in [0.15, 0.2) is 30.5 Å². The van der Waals surface area contributed by atoms with E-state index in [1.54, 1.807) is 0 Å². The fourth-order valence-electron chi connectivity index (χ4n) is 2.13. The molecule has 1 aromatic heterocycles. The topological polar surface area (TPSA) is 34.0 Å². The average molecular weight is 263 g/mol. The van der Waals surface area contributed by atoms with Crippen LogP contribution >= 0.6 is 11.6 Å². The van der Waals surface area contributed by atoms with Gasteiger partial charge in [-0.05, 0) is 31.0 Å². The van der Waals surface area contributed by atoms with Gasteiger partial charge in [0.25, 0.3) is 0 Å². The zero-order valence-corrected chi connectivity index (χ0v) is 10.8. The number of aryl methyl sites for hydroxylation is 1. The van der Waals surface area contributed by atoms with E-state index < -0.39 is 0 Å². The maximum absolute atomic E-state index is 11.6. The van der Waals surface area contributed by atoms with E-state index in [1.807, 2.05) is 30.5 Å². The molecule has 3 nitrogen and oxygen atoms in total. The number of nitrogens with zero attached hydrogens (tertiary/aromatic N) is 1. The van der Waals surface area contributed by atoms with Gasteiger partial charge in [-0.1, -0.05) is 17.7 Å². The van der Waals surface area contributed by atoms with E-state index in [1.165, 1.54) is 0 Å². The maximum Gasteiger partial charge on any atom is 0.222 e. The number of nitrogens with one attached hydrogen (secondary N) is 1. The lowest BCUT2D eigenvalue weighted by atomic mass is 10.2. The fraction of sp³-hybridized carbons (Fsp3) is 0.357. The zero-order valence-electron chi connectivity index (χ0n) is 10.0. The molecule has 1 aliphatic rings. The van der Waals surface area contributed by atoms with Crippen molar-refractivity contribution < 1.29 is 4.79 Å². The van der Waals surface area contributed by atoms with Crippen molar-refractivity contribution in [3.63, 3.8) is 0 Å². The first-order valence-corrected chi connectivity index (χ1v) is 6.64. The van der Waals surface area contributed by atoms with Gasteiger partial charge < -0.3 is 9.88 Å². The van der Waals surface area contributed by atoms with E-state index in [4.69, 9.17) is 11.6 Å². The standard InChI is InChI=1S/C14H15ClN2O/c15-12-2-1-3-13-11(12)6-8-17(13)9-7-14(18)16-10-4-5-10/h1-3,6,8,10H,4-5,7,9H2,(H,16,18). The summed E-state index contributed by atoms with van der Waals surface area (Å²) in [5, 5.41) is 4.80. The zero-order chi connectivity index (χ0) is 12.5. The summed E-state index contributed by atoms with van der Waals surface area (Å²) < 4.78 is 2.08. The van der Waals surface area contributed by atoms with Crippen molar-refractivity contribution in [1.29, 1.82) is 0 Å². The number of hydrogen-bond donors (Lipinski definition) is 1. The molecule has 0 atom stereocenters. The van der Waals surface area contributed by atoms with Gasteiger partial charge in [0.05, 0.1) is 0 Å². The Bertz CT molecular complexity index is 586. The van der Waals surface area contributed by atoms with Crippen molar-refractivity contribution in [2.75, 3.05) is 0 Å². The summed E-state index contributed by atoms with van der Waals surface area (Å²) in [6, 6.07) is 8.28. The number of carbonyl (C=O) groups is 1. The molecule has 1 saturated carbocycles. The minimum atomic E-state index is 0.140. The van der Waals surface area contributed by atoms with Crippen LogP contribution < -0.4 is 5.32 Å². The van der Waals surface area contributed by atoms with Crippen molar-refractivity contribution in [2.45, 2.75) is 31.8 Å². The molecule has 1 fully saturated rings. The first-order valence-electron chi connectivity index (χ1n) is 6.27. The van der Waals surface area contributed by atoms with Crippen LogP contribution in [0.1, 0.15) is 19.3 Å². The second-order valence-corrected chi connectivity index (χ2v) is 5.18. The lowest BCUT2D eigenvalue weighted by molar-refractivity contribution is -0.121. The van der Waals surface area contributed by atoms with Crippen molar-refractivity contribution in [3.05, 3.63) is 35.5 Å². The Kier molecular flexibility index (Phi) is 3.00. The maximum atomic E-state index is 11.6. The Balaban J connectivity index is 1.70. The fourth-order valence-corrected chi connectivity index (χ4v) is 2.36. The van der Waals surface area contributed by atoms with Crippen molar-refractivity contribution in [2.24, 2.45) is 0 Å². The highest BCUT2D eigenvalue weighted by atomic mass is 35.5. The van der Waals surface area contributed by atoms with Crippen molar-refractivity contribution >= 4 is 28.4 Å². The molecule has 1 aliphatic carbocycles. The Morgan fingerprint density at radius 2 is 2.22 bits per heavy atom. The van der Waals surface area contributed by atoms with E-state index in [0.717, 1.165) is 28.8 Å². The minimum Gasteiger partial charge on any atom is -0.353 e. The first-order chi connectivity index (χ1) is 8.74. The van der Waals surface area contributed by atoms with Gasteiger partial charge in [0.2, 0.25) is 5.91 Å². The van der Waals surface area contributed by atoms with Crippen LogP contribution in [0.3, 0.4) is 0 Å². The molecule has 1 heterocycles. The third-order valence-electron chi connectivity index (χ3n) is 3.28. The monoisotopic (exact) mass is 262 g/mol. The van der Waals surface area contributed by atoms with Gasteiger partial charge in [-0.15, -0.1) is 0 Å². The van der Waals surface area contributed by atoms with E-state index in [2.05, 4.69) is 9.88 Å². The Morgan fingerprint density at radius 3 is 3.00 bits per heavy atom. The van der Waals surface area contributed by atoms with Gasteiger partial charge in [-0.3, -0.25) is 4.79 Å². The van der Waals surface area contributed by atoms with Crippen LogP contribution in [0.4, 0.5) is 0 Å². The van der Waals surface area contributed by atoms with Gasteiger partial charge in [0, 0.05) is 41.1 Å². The van der Waals surface area contributed by atoms with Gasteiger partial charge in [0.15, 0.2) is 0 Å². The smallest absolute Gasteiger partial charge is 0.222 e. The Labute approximate surface area is 111 Å². The molecule has 0 spiro atoms. The van der Waals surface area contributed by atoms with Gasteiger partial charge in [0.1, 0.15) is 0 Å². The number of fused-ring (bicyclic) bond motifs is 1. The molecule has 0 aliphatic heterocycles. The second kappa shape index (κ2) is 4.65. The summed E-state index contributed by atoms with van der Waals surface area (Å²) in [4.78, 5) is 11.6. The predicted molar refractivity (Wildman–Crippen MR) is 72.7 cm³/mol. The molecule has 0 unspecified atom stereocenters. The first kappa shape index (κ1) is 11.6. The molecule has 3 rings (SSSR count). The Morgan fingerprint density at radius 1 is 1.39 bits per heavy atom. The second-order valence-electron chi connectivity index (χ2n) is 4.77. The summed E-state index contributed by atoms with van der Waals surface area (Å²) >= 11 is 6.12. The van der Waals surface area contributed by atoms with Crippen LogP contribution in [0, 0.1) is 0 Å². The summed E-state index contributed by atoms with van der Waals surface area (Å²) in [5.74, 6) is 0.140. The van der Waals surface area contributed by atoms with Crippen LogP contribution in [0.25, 0.3) is 10.9 Å². The molecule has 1 amide bonds. The summed E-state index contributed by atoms with van der Waals surface area (Å²) in [6.07, 6.45) is 4.77. The molecule has 2 aromatic rings. The van der Waals surface area contributed by atoms with Crippen LogP contribution in [0.2, 0.25) is 5.02 Å². The molecular formula is C14H15ClN2O. The molecular weight excluding hydrogens is 248 g/mol. The highest BCUT2D eigenvalue weighted by Crippen LogP contribution is 2.24. The largest absolute Gasteiger partial charge is 0.353 e. The van der Waals surface area contributed by atoms with Crippen molar-refractivity contribution in [3.8, 4) is 0 Å². The molecule has 18 heavy (non-hydrogen) atoms. The number of hydrogen-bond acceptors (Lipinski definition) is 1. The number of aromatic nitrogens is 1. The molecule has 0 saturated heterocycles. The van der Waals surface area contributed by atoms with Gasteiger partial charge in [-0.25, -0.2) is 0 Å². The average Bonchev–Trinajstić information content (AvgIpc) is 3.06. The number of halogens is 1. The highest BCUT2D eigenvalue weighted by Gasteiger charge is 2.22. The Hall–Kier alpha value is -1.48. The molecule has 0 radical (unpaired) electrons. The minimum absolute atomic E-state index is 0.140. The lowest BCUT2D eigenvalue weighted by Crippen LogP contribution is -2.26. The van der Waals surface area contributed by atoms with Crippen LogP contribution in [-0.2, 0) is 11.3 Å². The quantitative estimate of drug-likeness (QED) is 0.903. The third-order valence-corrected chi connectivity index (χ3v) is 3.61. The molecule has 4 heteroatoms. The summed E-state index contributed by atoms with van der Waals surface area (Å²) in [7, 11) is 0. The predicted octanol–water partition coefficient (Wildman–Crippen LogP) is 2.96. The van der Waals surface area contributed by atoms with E-state index in [9.17, 15) is 4.79 Å². The van der Waals surface area contributed by atoms with Gasteiger partial charge in [-0.2, -0.15) is 0 Å². The number of rotatable bonds is 4. The van der Waals surface area contributed by atoms with Crippen LogP contribution in [-0.4, -0.2) is 16.5 Å². The van der Waals surface area contributed by atoms with E-state index in [0.29, 0.717) is 19.0 Å². The molecule has 1 N–H and O–H groups in total. The van der Waals surface area contributed by atoms with E-state index >= 15 is 0 Å². The summed E-state index contributed by atoms with van der Waals surface area (Å²) in [5.41, 5.74) is 1.08. The number of benzene rings is 1.